The van der Waals surface area contributed by atoms with Crippen LogP contribution in [0.4, 0.5) is 5.69 Å². The molecule has 7 nitrogen and oxygen atoms in total. The van der Waals surface area contributed by atoms with E-state index in [4.69, 9.17) is 16.3 Å². The summed E-state index contributed by atoms with van der Waals surface area (Å²) in [5.74, 6) is 0.104. The Morgan fingerprint density at radius 3 is 2.48 bits per heavy atom. The van der Waals surface area contributed by atoms with Gasteiger partial charge in [-0.15, -0.1) is 0 Å². The summed E-state index contributed by atoms with van der Waals surface area (Å²) >= 11 is 6.14. The second-order valence-corrected chi connectivity index (χ2v) is 9.72. The summed E-state index contributed by atoms with van der Waals surface area (Å²) in [5.41, 5.74) is 0.325. The molecule has 0 unspecified atom stereocenters. The Hall–Kier alpha value is -1.51. The third-order valence-electron chi connectivity index (χ3n) is 5.13. The zero-order valence-electron chi connectivity index (χ0n) is 17.5. The number of carbonyl (C=O) groups excluding carboxylic acids is 1. The lowest BCUT2D eigenvalue weighted by molar-refractivity contribution is -0.121. The van der Waals surface area contributed by atoms with Gasteiger partial charge in [0.25, 0.3) is 0 Å². The Labute approximate surface area is 179 Å². The highest BCUT2D eigenvalue weighted by Crippen LogP contribution is 2.31. The molecule has 0 radical (unpaired) electrons. The number of methoxy groups -OCH3 is 1. The van der Waals surface area contributed by atoms with Crippen molar-refractivity contribution in [2.75, 3.05) is 43.8 Å². The molecule has 0 spiro atoms. The number of amides is 1. The van der Waals surface area contributed by atoms with E-state index < -0.39 is 16.1 Å². The smallest absolute Gasteiger partial charge is 0.243 e. The van der Waals surface area contributed by atoms with Crippen molar-refractivity contribution in [1.82, 2.24) is 10.2 Å². The van der Waals surface area contributed by atoms with Crippen molar-refractivity contribution in [3.05, 3.63) is 23.2 Å². The Kier molecular flexibility index (Phi) is 9.04. The first-order chi connectivity index (χ1) is 13.7. The number of ether oxygens (including phenoxy) is 1. The van der Waals surface area contributed by atoms with Crippen molar-refractivity contribution < 1.29 is 17.9 Å². The number of nitrogens with one attached hydrogen (secondary N) is 1. The number of likely N-dealkylation sites (tertiary alicyclic amines) is 1. The third kappa shape index (κ3) is 7.04. The van der Waals surface area contributed by atoms with E-state index in [0.29, 0.717) is 18.0 Å². The maximum Gasteiger partial charge on any atom is 0.243 e. The Bertz CT molecular complexity index is 780. The Morgan fingerprint density at radius 1 is 1.28 bits per heavy atom. The van der Waals surface area contributed by atoms with Crippen LogP contribution in [0.25, 0.3) is 0 Å². The van der Waals surface area contributed by atoms with E-state index in [-0.39, 0.29) is 10.9 Å². The maximum atomic E-state index is 12.6. The predicted octanol–water partition coefficient (Wildman–Crippen LogP) is 2.89. The number of nitrogens with zero attached hydrogens (tertiary/aromatic N) is 2. The average Bonchev–Trinajstić information content (AvgIpc) is 2.93. The topological polar surface area (TPSA) is 79.0 Å². The summed E-state index contributed by atoms with van der Waals surface area (Å²) in [5, 5.41) is 3.15. The first-order valence-electron chi connectivity index (χ1n) is 10.1. The van der Waals surface area contributed by atoms with Crippen molar-refractivity contribution in [1.29, 1.82) is 0 Å². The molecule has 0 aromatic heterocycles. The van der Waals surface area contributed by atoms with Crippen LogP contribution in [-0.4, -0.2) is 64.8 Å². The average molecular weight is 446 g/mol. The lowest BCUT2D eigenvalue weighted by atomic mass is 10.2. The van der Waals surface area contributed by atoms with E-state index in [1.54, 1.807) is 19.1 Å². The van der Waals surface area contributed by atoms with E-state index in [0.717, 1.165) is 36.6 Å². The number of rotatable bonds is 9. The molecule has 1 amide bonds. The van der Waals surface area contributed by atoms with Crippen molar-refractivity contribution in [3.63, 3.8) is 0 Å². The number of hydrogen-bond donors (Lipinski definition) is 1. The molecule has 1 aromatic rings. The Morgan fingerprint density at radius 2 is 1.93 bits per heavy atom. The lowest BCUT2D eigenvalue weighted by Crippen LogP contribution is -2.48. The highest BCUT2D eigenvalue weighted by atomic mass is 35.5. The van der Waals surface area contributed by atoms with Crippen LogP contribution in [-0.2, 0) is 14.8 Å². The predicted molar refractivity (Wildman–Crippen MR) is 117 cm³/mol. The summed E-state index contributed by atoms with van der Waals surface area (Å²) < 4.78 is 31.0. The zero-order chi connectivity index (χ0) is 21.4. The minimum Gasteiger partial charge on any atom is -0.495 e. The molecule has 1 aromatic carbocycles. The molecule has 1 aliphatic heterocycles. The number of carbonyl (C=O) groups is 1. The van der Waals surface area contributed by atoms with E-state index in [9.17, 15) is 13.2 Å². The van der Waals surface area contributed by atoms with Crippen molar-refractivity contribution in [2.45, 2.75) is 45.1 Å². The van der Waals surface area contributed by atoms with Crippen LogP contribution in [0.5, 0.6) is 5.75 Å². The standard InChI is InChI=1S/C20H32ClN3O4S/c1-16(20(25)22-11-8-14-23-12-6-4-5-7-13-23)24(29(3,26)27)17-9-10-19(28-2)18(21)15-17/h9-10,15-16H,4-8,11-14H2,1-3H3,(H,22,25)/t16-/m0/s1. The summed E-state index contributed by atoms with van der Waals surface area (Å²) in [6.07, 6.45) is 6.97. The van der Waals surface area contributed by atoms with Crippen LogP contribution in [0, 0.1) is 0 Å². The van der Waals surface area contributed by atoms with Gasteiger partial charge in [0.2, 0.25) is 15.9 Å². The van der Waals surface area contributed by atoms with Crippen LogP contribution in [0.3, 0.4) is 0 Å². The van der Waals surface area contributed by atoms with Gasteiger partial charge in [0.05, 0.1) is 24.1 Å². The fourth-order valence-corrected chi connectivity index (χ4v) is 5.04. The second-order valence-electron chi connectivity index (χ2n) is 7.45. The normalized spacial score (nSPS) is 16.7. The van der Waals surface area contributed by atoms with Gasteiger partial charge in [0.1, 0.15) is 11.8 Å². The van der Waals surface area contributed by atoms with Gasteiger partial charge in [-0.05, 0) is 64.0 Å². The van der Waals surface area contributed by atoms with Gasteiger partial charge < -0.3 is 15.0 Å². The first kappa shape index (κ1) is 23.8. The van der Waals surface area contributed by atoms with Crippen LogP contribution in [0.2, 0.25) is 5.02 Å². The minimum atomic E-state index is -3.69. The summed E-state index contributed by atoms with van der Waals surface area (Å²) in [6, 6.07) is 3.76. The molecule has 1 heterocycles. The van der Waals surface area contributed by atoms with Gasteiger partial charge in [-0.2, -0.15) is 0 Å². The van der Waals surface area contributed by atoms with Crippen LogP contribution >= 0.6 is 11.6 Å². The van der Waals surface area contributed by atoms with Gasteiger partial charge in [-0.1, -0.05) is 24.4 Å². The maximum absolute atomic E-state index is 12.6. The van der Waals surface area contributed by atoms with Gasteiger partial charge in [0, 0.05) is 6.54 Å². The molecule has 1 aliphatic rings. The summed E-state index contributed by atoms with van der Waals surface area (Å²) in [7, 11) is -2.20. The molecule has 0 bridgehead atoms. The van der Waals surface area contributed by atoms with Crippen molar-refractivity contribution in [3.8, 4) is 5.75 Å². The molecule has 0 aliphatic carbocycles. The van der Waals surface area contributed by atoms with Gasteiger partial charge in [0.15, 0.2) is 0 Å². The number of halogens is 1. The van der Waals surface area contributed by atoms with Crippen LogP contribution in [0.15, 0.2) is 18.2 Å². The SMILES string of the molecule is COc1ccc(N([C@@H](C)C(=O)NCCCN2CCCCCC2)S(C)(=O)=O)cc1Cl. The number of benzene rings is 1. The molecule has 1 saturated heterocycles. The molecule has 164 valence electrons. The highest BCUT2D eigenvalue weighted by Gasteiger charge is 2.29. The second kappa shape index (κ2) is 11.0. The number of hydrogen-bond acceptors (Lipinski definition) is 5. The van der Waals surface area contributed by atoms with Crippen molar-refractivity contribution >= 4 is 33.2 Å². The fraction of sp³-hybridized carbons (Fsp3) is 0.650. The summed E-state index contributed by atoms with van der Waals surface area (Å²) in [6.45, 7) is 5.26. The molecule has 29 heavy (non-hydrogen) atoms. The number of anilines is 1. The van der Waals surface area contributed by atoms with Crippen LogP contribution in [0.1, 0.15) is 39.0 Å². The van der Waals surface area contributed by atoms with Gasteiger partial charge in [-0.25, -0.2) is 8.42 Å². The lowest BCUT2D eigenvalue weighted by Gasteiger charge is -2.28. The Balaban J connectivity index is 1.97. The third-order valence-corrected chi connectivity index (χ3v) is 6.66. The fourth-order valence-electron chi connectivity index (χ4n) is 3.62. The molecule has 1 N–H and O–H groups in total. The molecule has 1 fully saturated rings. The minimum absolute atomic E-state index is 0.281. The van der Waals surface area contributed by atoms with E-state index in [2.05, 4.69) is 10.2 Å². The largest absolute Gasteiger partial charge is 0.495 e. The van der Waals surface area contributed by atoms with E-state index in [1.165, 1.54) is 38.9 Å². The molecular weight excluding hydrogens is 414 g/mol. The monoisotopic (exact) mass is 445 g/mol. The molecule has 2 rings (SSSR count). The molecular formula is C20H32ClN3O4S. The highest BCUT2D eigenvalue weighted by molar-refractivity contribution is 7.92. The quantitative estimate of drug-likeness (QED) is 0.591. The van der Waals surface area contributed by atoms with Crippen molar-refractivity contribution in [2.24, 2.45) is 0 Å². The zero-order valence-corrected chi connectivity index (χ0v) is 19.1. The van der Waals surface area contributed by atoms with Gasteiger partial charge >= 0.3 is 0 Å². The van der Waals surface area contributed by atoms with Gasteiger partial charge in [-0.3, -0.25) is 9.10 Å². The molecule has 9 heteroatoms. The summed E-state index contributed by atoms with van der Waals surface area (Å²) in [4.78, 5) is 15.1. The van der Waals surface area contributed by atoms with Crippen LogP contribution < -0.4 is 14.4 Å². The molecule has 1 atom stereocenters. The van der Waals surface area contributed by atoms with E-state index >= 15 is 0 Å². The molecule has 0 saturated carbocycles. The first-order valence-corrected chi connectivity index (χ1v) is 12.3. The van der Waals surface area contributed by atoms with E-state index in [1.807, 2.05) is 0 Å². The number of sulfonamides is 1.